The van der Waals surface area contributed by atoms with Gasteiger partial charge in [-0.05, 0) is 32.0 Å². The number of hydrogen-bond donors (Lipinski definition) is 1. The van der Waals surface area contributed by atoms with Gasteiger partial charge in [-0.2, -0.15) is 13.2 Å². The molecule has 1 aromatic heterocycles. The molecule has 0 unspecified atom stereocenters. The quantitative estimate of drug-likeness (QED) is 0.507. The van der Waals surface area contributed by atoms with Crippen LogP contribution >= 0.6 is 0 Å². The smallest absolute Gasteiger partial charge is 0.416 e. The minimum atomic E-state index is -4.53. The molecule has 0 bridgehead atoms. The summed E-state index contributed by atoms with van der Waals surface area (Å²) in [5, 5.41) is 2.31. The zero-order chi connectivity index (χ0) is 23.3. The van der Waals surface area contributed by atoms with Gasteiger partial charge in [0, 0.05) is 17.7 Å². The molecule has 1 heterocycles. The number of ether oxygens (including phenoxy) is 1. The maximum absolute atomic E-state index is 12.8. The Morgan fingerprint density at radius 3 is 2.56 bits per heavy atom. The lowest BCUT2D eigenvalue weighted by Crippen LogP contribution is -2.30. The molecule has 0 saturated carbocycles. The van der Waals surface area contributed by atoms with Gasteiger partial charge in [0.1, 0.15) is 0 Å². The molecule has 0 aliphatic carbocycles. The molecule has 9 heteroatoms. The lowest BCUT2D eigenvalue weighted by atomic mass is 10.1. The highest BCUT2D eigenvalue weighted by Crippen LogP contribution is 2.30. The van der Waals surface area contributed by atoms with Crippen molar-refractivity contribution < 1.29 is 31.9 Å². The number of anilines is 1. The minimum absolute atomic E-state index is 0.0452. The standard InChI is InChI=1S/C23H21F3N2O4/c1-14-6-8-16(9-7-14)19-13-27-20(32-19)10-11-21(29)31-15(2)22(30)28-18-5-3-4-17(12-18)23(24,25)26/h3-9,12-13,15H,10-11H2,1-2H3,(H,28,30)/t15-/m1/s1. The number of aryl methyl sites for hydroxylation is 2. The summed E-state index contributed by atoms with van der Waals surface area (Å²) in [6.45, 7) is 3.31. The zero-order valence-electron chi connectivity index (χ0n) is 17.4. The predicted molar refractivity (Wildman–Crippen MR) is 111 cm³/mol. The maximum Gasteiger partial charge on any atom is 0.416 e. The number of nitrogens with zero attached hydrogens (tertiary/aromatic N) is 1. The highest BCUT2D eigenvalue weighted by Gasteiger charge is 2.30. The van der Waals surface area contributed by atoms with E-state index in [1.165, 1.54) is 19.1 Å². The molecule has 0 fully saturated rings. The van der Waals surface area contributed by atoms with Crippen molar-refractivity contribution in [2.75, 3.05) is 5.32 Å². The van der Waals surface area contributed by atoms with Crippen molar-refractivity contribution in [3.8, 4) is 11.3 Å². The van der Waals surface area contributed by atoms with E-state index in [-0.39, 0.29) is 18.5 Å². The molecule has 1 amide bonds. The summed E-state index contributed by atoms with van der Waals surface area (Å²) in [6, 6.07) is 11.9. The second-order valence-corrected chi connectivity index (χ2v) is 7.18. The number of aromatic nitrogens is 1. The number of amides is 1. The van der Waals surface area contributed by atoms with Crippen LogP contribution in [0, 0.1) is 6.92 Å². The Labute approximate surface area is 182 Å². The molecule has 3 aromatic rings. The molecule has 168 valence electrons. The summed E-state index contributed by atoms with van der Waals surface area (Å²) in [5.41, 5.74) is 1.03. The van der Waals surface area contributed by atoms with Gasteiger partial charge in [0.15, 0.2) is 17.8 Å². The fraction of sp³-hybridized carbons (Fsp3) is 0.261. The lowest BCUT2D eigenvalue weighted by Gasteiger charge is -2.14. The third kappa shape index (κ3) is 6.19. The molecule has 0 radical (unpaired) electrons. The van der Waals surface area contributed by atoms with Gasteiger partial charge in [0.25, 0.3) is 5.91 Å². The predicted octanol–water partition coefficient (Wildman–Crippen LogP) is 5.17. The average Bonchev–Trinajstić information content (AvgIpc) is 3.21. The number of rotatable bonds is 7. The van der Waals surface area contributed by atoms with Crippen molar-refractivity contribution in [2.45, 2.75) is 39.0 Å². The number of esters is 1. The van der Waals surface area contributed by atoms with Crippen LogP contribution in [0.2, 0.25) is 0 Å². The zero-order valence-corrected chi connectivity index (χ0v) is 17.4. The third-order valence-corrected chi connectivity index (χ3v) is 4.57. The summed E-state index contributed by atoms with van der Waals surface area (Å²) in [6.07, 6.45) is -4.05. The van der Waals surface area contributed by atoms with Crippen molar-refractivity contribution in [2.24, 2.45) is 0 Å². The summed E-state index contributed by atoms with van der Waals surface area (Å²) >= 11 is 0. The first-order valence-electron chi connectivity index (χ1n) is 9.81. The average molecular weight is 446 g/mol. The van der Waals surface area contributed by atoms with Gasteiger partial charge in [0.2, 0.25) is 0 Å². The van der Waals surface area contributed by atoms with Crippen molar-refractivity contribution in [3.63, 3.8) is 0 Å². The molecule has 3 rings (SSSR count). The number of hydrogen-bond acceptors (Lipinski definition) is 5. The number of halogens is 3. The van der Waals surface area contributed by atoms with Gasteiger partial charge in [-0.1, -0.05) is 35.9 Å². The van der Waals surface area contributed by atoms with E-state index in [1.54, 1.807) is 6.20 Å². The molecular weight excluding hydrogens is 425 g/mol. The number of benzene rings is 2. The first-order valence-corrected chi connectivity index (χ1v) is 9.81. The normalized spacial score (nSPS) is 12.3. The van der Waals surface area contributed by atoms with Gasteiger partial charge < -0.3 is 14.5 Å². The topological polar surface area (TPSA) is 81.4 Å². The molecule has 0 saturated heterocycles. The number of carbonyl (C=O) groups is 2. The third-order valence-electron chi connectivity index (χ3n) is 4.57. The van der Waals surface area contributed by atoms with E-state index in [0.717, 1.165) is 23.3 Å². The molecule has 0 aliphatic heterocycles. The molecule has 32 heavy (non-hydrogen) atoms. The minimum Gasteiger partial charge on any atom is -0.453 e. The Bertz CT molecular complexity index is 1090. The van der Waals surface area contributed by atoms with Crippen LogP contribution in [0.15, 0.2) is 59.1 Å². The fourth-order valence-electron chi connectivity index (χ4n) is 2.81. The number of oxazole rings is 1. The van der Waals surface area contributed by atoms with E-state index in [2.05, 4.69) is 10.3 Å². The molecule has 1 atom stereocenters. The molecule has 1 N–H and O–H groups in total. The number of nitrogens with one attached hydrogen (secondary N) is 1. The van der Waals surface area contributed by atoms with E-state index in [0.29, 0.717) is 11.7 Å². The van der Waals surface area contributed by atoms with E-state index >= 15 is 0 Å². The molecule has 6 nitrogen and oxygen atoms in total. The van der Waals surface area contributed by atoms with Gasteiger partial charge in [-0.15, -0.1) is 0 Å². The van der Waals surface area contributed by atoms with Crippen molar-refractivity contribution in [1.82, 2.24) is 4.98 Å². The van der Waals surface area contributed by atoms with E-state index in [1.807, 2.05) is 31.2 Å². The SMILES string of the molecule is Cc1ccc(-c2cnc(CCC(=O)O[C@H](C)C(=O)Nc3cccc(C(F)(F)F)c3)o2)cc1. The molecule has 0 spiro atoms. The van der Waals surface area contributed by atoms with E-state index in [4.69, 9.17) is 9.15 Å². The van der Waals surface area contributed by atoms with Gasteiger partial charge in [-0.3, -0.25) is 9.59 Å². The molecule has 2 aromatic carbocycles. The van der Waals surface area contributed by atoms with Crippen LogP contribution in [0.1, 0.15) is 30.4 Å². The first-order chi connectivity index (χ1) is 15.1. The Balaban J connectivity index is 1.49. The Morgan fingerprint density at radius 1 is 1.16 bits per heavy atom. The Kier molecular flexibility index (Phi) is 6.97. The van der Waals surface area contributed by atoms with E-state index < -0.39 is 29.7 Å². The van der Waals surface area contributed by atoms with Crippen LogP contribution in [0.4, 0.5) is 18.9 Å². The summed E-state index contributed by atoms with van der Waals surface area (Å²) in [7, 11) is 0. The molecular formula is C23H21F3N2O4. The summed E-state index contributed by atoms with van der Waals surface area (Å²) in [5.74, 6) is -0.483. The second-order valence-electron chi connectivity index (χ2n) is 7.18. The van der Waals surface area contributed by atoms with Crippen molar-refractivity contribution in [1.29, 1.82) is 0 Å². The van der Waals surface area contributed by atoms with Crippen molar-refractivity contribution >= 4 is 17.6 Å². The first kappa shape index (κ1) is 23.1. The van der Waals surface area contributed by atoms with Gasteiger partial charge in [-0.25, -0.2) is 4.98 Å². The van der Waals surface area contributed by atoms with Gasteiger partial charge in [0.05, 0.1) is 18.2 Å². The maximum atomic E-state index is 12.8. The fourth-order valence-corrected chi connectivity index (χ4v) is 2.81. The van der Waals surface area contributed by atoms with Crippen LogP contribution in [-0.2, 0) is 26.9 Å². The second kappa shape index (κ2) is 9.67. The summed E-state index contributed by atoms with van der Waals surface area (Å²) < 4.78 is 49.0. The van der Waals surface area contributed by atoms with Crippen LogP contribution in [0.5, 0.6) is 0 Å². The number of carbonyl (C=O) groups excluding carboxylic acids is 2. The Hall–Kier alpha value is -3.62. The summed E-state index contributed by atoms with van der Waals surface area (Å²) in [4.78, 5) is 28.4. The van der Waals surface area contributed by atoms with Gasteiger partial charge >= 0.3 is 12.1 Å². The molecule has 0 aliphatic rings. The van der Waals surface area contributed by atoms with E-state index in [9.17, 15) is 22.8 Å². The highest BCUT2D eigenvalue weighted by atomic mass is 19.4. The van der Waals surface area contributed by atoms with Crippen molar-refractivity contribution in [3.05, 3.63) is 71.7 Å². The van der Waals surface area contributed by atoms with Crippen LogP contribution in [-0.4, -0.2) is 23.0 Å². The Morgan fingerprint density at radius 2 is 1.88 bits per heavy atom. The van der Waals surface area contributed by atoms with Crippen LogP contribution < -0.4 is 5.32 Å². The monoisotopic (exact) mass is 446 g/mol. The number of alkyl halides is 3. The van der Waals surface area contributed by atoms with Crippen LogP contribution in [0.3, 0.4) is 0 Å². The highest BCUT2D eigenvalue weighted by molar-refractivity contribution is 5.95. The van der Waals surface area contributed by atoms with Crippen LogP contribution in [0.25, 0.3) is 11.3 Å². The lowest BCUT2D eigenvalue weighted by molar-refractivity contribution is -0.153. The largest absolute Gasteiger partial charge is 0.453 e.